The van der Waals surface area contributed by atoms with Crippen molar-refractivity contribution >= 4 is 18.0 Å². The highest BCUT2D eigenvalue weighted by atomic mass is 16.5. The Morgan fingerprint density at radius 2 is 1.66 bits per heavy atom. The predicted molar refractivity (Wildman–Crippen MR) is 131 cm³/mol. The second-order valence-electron chi connectivity index (χ2n) is 10.1. The highest BCUT2D eigenvalue weighted by Crippen LogP contribution is 2.59. The van der Waals surface area contributed by atoms with Gasteiger partial charge in [-0.1, -0.05) is 55.5 Å². The smallest absolute Gasteiger partial charge is 0.407 e. The molecule has 5 rings (SSSR count). The lowest BCUT2D eigenvalue weighted by molar-refractivity contribution is -0.140. The second kappa shape index (κ2) is 9.36. The van der Waals surface area contributed by atoms with E-state index in [0.29, 0.717) is 19.5 Å². The molecule has 1 saturated carbocycles. The van der Waals surface area contributed by atoms with Crippen LogP contribution in [0.4, 0.5) is 4.79 Å². The zero-order chi connectivity index (χ0) is 24.6. The lowest BCUT2D eigenvalue weighted by Gasteiger charge is -2.34. The number of piperidine rings is 1. The molecule has 2 fully saturated rings. The number of benzene rings is 2. The molecule has 0 bridgehead atoms. The maximum absolute atomic E-state index is 13.0. The Balaban J connectivity index is 1.12. The number of nitrogens with zero attached hydrogens (tertiary/aromatic N) is 1. The van der Waals surface area contributed by atoms with Gasteiger partial charge >= 0.3 is 12.1 Å². The highest BCUT2D eigenvalue weighted by molar-refractivity contribution is 5.81. The van der Waals surface area contributed by atoms with Crippen LogP contribution in [0.3, 0.4) is 0 Å². The molecule has 2 aliphatic carbocycles. The third-order valence-corrected chi connectivity index (χ3v) is 8.24. The quantitative estimate of drug-likeness (QED) is 0.622. The summed E-state index contributed by atoms with van der Waals surface area (Å²) in [4.78, 5) is 38.7. The van der Waals surface area contributed by atoms with Gasteiger partial charge in [0.05, 0.1) is 11.8 Å². The van der Waals surface area contributed by atoms with E-state index in [0.717, 1.165) is 30.4 Å². The van der Waals surface area contributed by atoms with E-state index >= 15 is 0 Å². The molecule has 2 aromatic rings. The number of carboxylic acids is 1. The first-order chi connectivity index (χ1) is 16.9. The van der Waals surface area contributed by atoms with Gasteiger partial charge in [-0.25, -0.2) is 4.79 Å². The van der Waals surface area contributed by atoms with Gasteiger partial charge in [0.2, 0.25) is 5.91 Å². The van der Waals surface area contributed by atoms with Gasteiger partial charge in [-0.2, -0.15) is 0 Å². The topological polar surface area (TPSA) is 95.9 Å². The summed E-state index contributed by atoms with van der Waals surface area (Å²) in [5.41, 5.74) is 4.57. The Morgan fingerprint density at radius 1 is 1.06 bits per heavy atom. The van der Waals surface area contributed by atoms with E-state index in [9.17, 15) is 19.5 Å². The van der Waals surface area contributed by atoms with E-state index in [4.69, 9.17) is 4.74 Å². The van der Waals surface area contributed by atoms with Crippen molar-refractivity contribution in [3.8, 4) is 11.1 Å². The average Bonchev–Trinajstić information content (AvgIpc) is 3.49. The number of carbonyl (C=O) groups is 3. The first-order valence-electron chi connectivity index (χ1n) is 12.5. The normalized spacial score (nSPS) is 20.6. The third kappa shape index (κ3) is 4.40. The number of hydrogen-bond donors (Lipinski definition) is 2. The van der Waals surface area contributed by atoms with E-state index in [1.807, 2.05) is 36.1 Å². The zero-order valence-corrected chi connectivity index (χ0v) is 20.0. The van der Waals surface area contributed by atoms with E-state index in [1.165, 1.54) is 11.1 Å². The Bertz CT molecular complexity index is 1090. The fraction of sp³-hybridized carbons (Fsp3) is 0.464. The second-order valence-corrected chi connectivity index (χ2v) is 10.1. The van der Waals surface area contributed by atoms with Crippen LogP contribution in [-0.2, 0) is 14.3 Å². The highest BCUT2D eigenvalue weighted by Gasteiger charge is 2.59. The maximum atomic E-state index is 13.0. The molecule has 2 N–H and O–H groups in total. The number of carbonyl (C=O) groups excluding carboxylic acids is 2. The maximum Gasteiger partial charge on any atom is 0.407 e. The minimum Gasteiger partial charge on any atom is -0.481 e. The number of aliphatic carboxylic acids is 1. The van der Waals surface area contributed by atoms with Crippen LogP contribution in [0.1, 0.15) is 49.7 Å². The molecule has 2 amide bonds. The number of likely N-dealkylation sites (tertiary alicyclic amines) is 1. The van der Waals surface area contributed by atoms with Gasteiger partial charge in [0.15, 0.2) is 0 Å². The molecular formula is C28H32N2O5. The van der Waals surface area contributed by atoms with Gasteiger partial charge in [-0.3, -0.25) is 9.59 Å². The predicted octanol–water partition coefficient (Wildman–Crippen LogP) is 4.26. The van der Waals surface area contributed by atoms with Gasteiger partial charge < -0.3 is 20.1 Å². The van der Waals surface area contributed by atoms with Crippen LogP contribution in [0.25, 0.3) is 11.1 Å². The Kier molecular flexibility index (Phi) is 6.26. The summed E-state index contributed by atoms with van der Waals surface area (Å²) < 4.78 is 5.60. The third-order valence-electron chi connectivity index (χ3n) is 8.24. The summed E-state index contributed by atoms with van der Waals surface area (Å²) in [6.07, 6.45) is 2.31. The van der Waals surface area contributed by atoms with Gasteiger partial charge in [0.1, 0.15) is 6.61 Å². The van der Waals surface area contributed by atoms with Crippen LogP contribution in [0, 0.1) is 17.3 Å². The number of ether oxygens (including phenoxy) is 1. The van der Waals surface area contributed by atoms with Crippen LogP contribution in [0.5, 0.6) is 0 Å². The van der Waals surface area contributed by atoms with Crippen molar-refractivity contribution in [1.29, 1.82) is 0 Å². The molecule has 2 unspecified atom stereocenters. The van der Waals surface area contributed by atoms with Gasteiger partial charge in [-0.05, 0) is 53.4 Å². The number of fused-ring (bicyclic) bond motifs is 3. The summed E-state index contributed by atoms with van der Waals surface area (Å²) in [6.45, 7) is 3.58. The fourth-order valence-corrected chi connectivity index (χ4v) is 5.94. The minimum absolute atomic E-state index is 0.00511. The molecule has 7 heteroatoms. The molecule has 2 aromatic carbocycles. The standard InChI is InChI=1S/C28H32N2O5/c1-2-18(25(31)30-13-11-28(12-14-30)15-24(28)26(32)33)16-29-27(34)35-17-23-21-9-5-3-7-19(21)20-8-4-6-10-22(20)23/h3-10,18,23-24H,2,11-17H2,1H3,(H,29,34)(H,32,33). The SMILES string of the molecule is CCC(CNC(=O)OCC1c2ccccc2-c2ccccc21)C(=O)N1CCC2(CC1)CC2C(=O)O. The van der Waals surface area contributed by atoms with E-state index < -0.39 is 12.1 Å². The van der Waals surface area contributed by atoms with E-state index in [2.05, 4.69) is 29.6 Å². The van der Waals surface area contributed by atoms with Gasteiger partial charge in [0, 0.05) is 25.6 Å². The summed E-state index contributed by atoms with van der Waals surface area (Å²) >= 11 is 0. The largest absolute Gasteiger partial charge is 0.481 e. The summed E-state index contributed by atoms with van der Waals surface area (Å²) in [7, 11) is 0. The van der Waals surface area contributed by atoms with Crippen LogP contribution in [0.15, 0.2) is 48.5 Å². The molecule has 1 heterocycles. The summed E-state index contributed by atoms with van der Waals surface area (Å²) in [5.74, 6) is -1.28. The fourth-order valence-electron chi connectivity index (χ4n) is 5.94. The number of carboxylic acid groups (broad SMARTS) is 1. The van der Waals surface area contributed by atoms with E-state index in [-0.39, 0.29) is 42.2 Å². The Labute approximate surface area is 205 Å². The monoisotopic (exact) mass is 476 g/mol. The molecule has 2 atom stereocenters. The minimum atomic E-state index is -0.719. The Hall–Kier alpha value is -3.35. The first kappa shape index (κ1) is 23.4. The van der Waals surface area contributed by atoms with Crippen molar-refractivity contribution in [1.82, 2.24) is 10.2 Å². The molecule has 1 spiro atoms. The van der Waals surface area contributed by atoms with Crippen LogP contribution < -0.4 is 5.32 Å². The van der Waals surface area contributed by atoms with Crippen molar-refractivity contribution in [2.45, 2.75) is 38.5 Å². The van der Waals surface area contributed by atoms with Crippen molar-refractivity contribution in [2.24, 2.45) is 17.3 Å². The number of amides is 2. The van der Waals surface area contributed by atoms with Crippen molar-refractivity contribution in [2.75, 3.05) is 26.2 Å². The molecule has 3 aliphatic rings. The van der Waals surface area contributed by atoms with Crippen molar-refractivity contribution < 1.29 is 24.2 Å². The van der Waals surface area contributed by atoms with Crippen molar-refractivity contribution in [3.63, 3.8) is 0 Å². The zero-order valence-electron chi connectivity index (χ0n) is 20.0. The first-order valence-corrected chi connectivity index (χ1v) is 12.5. The van der Waals surface area contributed by atoms with Crippen molar-refractivity contribution in [3.05, 3.63) is 59.7 Å². The number of rotatable bonds is 7. The molecule has 0 radical (unpaired) electrons. The molecule has 35 heavy (non-hydrogen) atoms. The molecule has 0 aromatic heterocycles. The number of nitrogens with one attached hydrogen (secondary N) is 1. The Morgan fingerprint density at radius 3 is 2.20 bits per heavy atom. The molecule has 1 aliphatic heterocycles. The van der Waals surface area contributed by atoms with Crippen LogP contribution >= 0.6 is 0 Å². The van der Waals surface area contributed by atoms with Gasteiger partial charge in [0.25, 0.3) is 0 Å². The lowest BCUT2D eigenvalue weighted by atomic mass is 9.90. The molecule has 1 saturated heterocycles. The van der Waals surface area contributed by atoms with Crippen LogP contribution in [-0.4, -0.2) is 54.2 Å². The summed E-state index contributed by atoms with van der Waals surface area (Å²) in [6, 6.07) is 16.4. The van der Waals surface area contributed by atoms with Crippen LogP contribution in [0.2, 0.25) is 0 Å². The lowest BCUT2D eigenvalue weighted by Crippen LogP contribution is -2.45. The summed E-state index contributed by atoms with van der Waals surface area (Å²) in [5, 5.41) is 12.1. The number of hydrogen-bond acceptors (Lipinski definition) is 4. The molecule has 184 valence electrons. The number of alkyl carbamates (subject to hydrolysis) is 1. The van der Waals surface area contributed by atoms with E-state index in [1.54, 1.807) is 0 Å². The molecular weight excluding hydrogens is 444 g/mol. The average molecular weight is 477 g/mol. The molecule has 7 nitrogen and oxygen atoms in total. The van der Waals surface area contributed by atoms with Gasteiger partial charge in [-0.15, -0.1) is 0 Å².